The number of rotatable bonds is 8. The van der Waals surface area contributed by atoms with Crippen LogP contribution >= 0.6 is 0 Å². The Hall–Kier alpha value is -2.04. The summed E-state index contributed by atoms with van der Waals surface area (Å²) in [5.74, 6) is 1.55. The van der Waals surface area contributed by atoms with Crippen LogP contribution in [-0.4, -0.2) is 36.6 Å². The Morgan fingerprint density at radius 3 is 2.14 bits per heavy atom. The van der Waals surface area contributed by atoms with Crippen LogP contribution in [0.15, 0.2) is 48.5 Å². The minimum Gasteiger partial charge on any atom is -0.491 e. The van der Waals surface area contributed by atoms with Crippen molar-refractivity contribution in [2.75, 3.05) is 26.4 Å². The summed E-state index contributed by atoms with van der Waals surface area (Å²) < 4.78 is 10.9. The van der Waals surface area contributed by atoms with Crippen molar-refractivity contribution in [3.63, 3.8) is 0 Å². The van der Waals surface area contributed by atoms with Crippen LogP contribution in [0.5, 0.6) is 11.5 Å². The molecule has 0 saturated heterocycles. The van der Waals surface area contributed by atoms with Gasteiger partial charge in [0.2, 0.25) is 0 Å². The molecule has 2 aromatic carbocycles. The molecule has 0 fully saturated rings. The largest absolute Gasteiger partial charge is 0.491 e. The maximum absolute atomic E-state index is 8.85. The highest BCUT2D eigenvalue weighted by atomic mass is 16.5. The van der Waals surface area contributed by atoms with Gasteiger partial charge in [0.15, 0.2) is 0 Å². The number of benzene rings is 2. The Labute approximate surface area is 124 Å². The van der Waals surface area contributed by atoms with Gasteiger partial charge in [-0.25, -0.2) is 0 Å². The second-order valence-corrected chi connectivity index (χ2v) is 4.57. The fraction of sp³-hybridized carbons (Fsp3) is 0.294. The van der Waals surface area contributed by atoms with Crippen LogP contribution in [0.3, 0.4) is 0 Å². The average Bonchev–Trinajstić information content (AvgIpc) is 2.53. The molecule has 0 aromatic heterocycles. The summed E-state index contributed by atoms with van der Waals surface area (Å²) in [6.07, 6.45) is 0.752. The fourth-order valence-corrected chi connectivity index (χ4v) is 2.03. The standard InChI is InChI=1S/C17H20O4/c18-9-11-20-16-7-5-14(6-8-16)13-15-3-1-2-4-17(15)21-12-10-19/h1-8,18-19H,9-13H2. The number of para-hydroxylation sites is 1. The quantitative estimate of drug-likeness (QED) is 0.780. The summed E-state index contributed by atoms with van der Waals surface area (Å²) >= 11 is 0. The molecule has 2 aromatic rings. The third-order valence-corrected chi connectivity index (χ3v) is 3.00. The van der Waals surface area contributed by atoms with E-state index in [-0.39, 0.29) is 13.2 Å². The van der Waals surface area contributed by atoms with Crippen LogP contribution in [0, 0.1) is 0 Å². The Balaban J connectivity index is 2.04. The third-order valence-electron chi connectivity index (χ3n) is 3.00. The molecule has 0 aliphatic carbocycles. The molecule has 0 bridgehead atoms. The van der Waals surface area contributed by atoms with Gasteiger partial charge < -0.3 is 19.7 Å². The highest BCUT2D eigenvalue weighted by Crippen LogP contribution is 2.22. The van der Waals surface area contributed by atoms with Gasteiger partial charge in [0.25, 0.3) is 0 Å². The van der Waals surface area contributed by atoms with E-state index in [1.54, 1.807) is 0 Å². The Morgan fingerprint density at radius 1 is 0.762 bits per heavy atom. The van der Waals surface area contributed by atoms with Gasteiger partial charge in [-0.2, -0.15) is 0 Å². The van der Waals surface area contributed by atoms with Gasteiger partial charge in [-0.3, -0.25) is 0 Å². The minimum absolute atomic E-state index is 0.00519. The molecule has 0 unspecified atom stereocenters. The van der Waals surface area contributed by atoms with Crippen molar-refractivity contribution in [3.05, 3.63) is 59.7 Å². The third kappa shape index (κ3) is 4.77. The van der Waals surface area contributed by atoms with E-state index < -0.39 is 0 Å². The maximum atomic E-state index is 8.85. The molecule has 0 amide bonds. The van der Waals surface area contributed by atoms with Gasteiger partial charge in [-0.05, 0) is 29.3 Å². The van der Waals surface area contributed by atoms with E-state index in [1.807, 2.05) is 48.5 Å². The molecule has 0 heterocycles. The first-order valence-electron chi connectivity index (χ1n) is 6.97. The predicted octanol–water partition coefficient (Wildman–Crippen LogP) is 2.02. The molecule has 0 saturated carbocycles. The molecule has 0 aliphatic heterocycles. The van der Waals surface area contributed by atoms with Gasteiger partial charge in [-0.1, -0.05) is 30.3 Å². The molecule has 2 rings (SSSR count). The summed E-state index contributed by atoms with van der Waals surface area (Å²) in [5.41, 5.74) is 2.22. The van der Waals surface area contributed by atoms with Gasteiger partial charge in [0, 0.05) is 6.42 Å². The van der Waals surface area contributed by atoms with E-state index in [9.17, 15) is 0 Å². The molecule has 0 radical (unpaired) electrons. The number of aliphatic hydroxyl groups excluding tert-OH is 2. The number of ether oxygens (including phenoxy) is 2. The van der Waals surface area contributed by atoms with Crippen LogP contribution in [0.25, 0.3) is 0 Å². The molecule has 4 heteroatoms. The first-order valence-corrected chi connectivity index (χ1v) is 6.97. The Bertz CT molecular complexity index is 537. The summed E-state index contributed by atoms with van der Waals surface area (Å²) in [6, 6.07) is 15.6. The van der Waals surface area contributed by atoms with Gasteiger partial charge >= 0.3 is 0 Å². The van der Waals surface area contributed by atoms with Crippen molar-refractivity contribution in [2.24, 2.45) is 0 Å². The maximum Gasteiger partial charge on any atom is 0.122 e. The van der Waals surface area contributed by atoms with Crippen LogP contribution < -0.4 is 9.47 Å². The molecule has 4 nitrogen and oxygen atoms in total. The zero-order valence-corrected chi connectivity index (χ0v) is 11.9. The smallest absolute Gasteiger partial charge is 0.122 e. The number of aliphatic hydroxyl groups is 2. The lowest BCUT2D eigenvalue weighted by atomic mass is 10.0. The summed E-state index contributed by atoms with van der Waals surface area (Å²) in [5, 5.41) is 17.6. The van der Waals surface area contributed by atoms with Crippen molar-refractivity contribution in [1.82, 2.24) is 0 Å². The van der Waals surface area contributed by atoms with Crippen LogP contribution in [-0.2, 0) is 6.42 Å². The Kier molecular flexibility index (Phi) is 6.06. The van der Waals surface area contributed by atoms with E-state index >= 15 is 0 Å². The van der Waals surface area contributed by atoms with Crippen molar-refractivity contribution in [2.45, 2.75) is 6.42 Å². The lowest BCUT2D eigenvalue weighted by Gasteiger charge is -2.11. The minimum atomic E-state index is 0.00519. The normalized spacial score (nSPS) is 10.4. The van der Waals surface area contributed by atoms with E-state index in [0.717, 1.165) is 29.0 Å². The zero-order chi connectivity index (χ0) is 14.9. The van der Waals surface area contributed by atoms with Crippen molar-refractivity contribution in [1.29, 1.82) is 0 Å². The highest BCUT2D eigenvalue weighted by Gasteiger charge is 2.04. The van der Waals surface area contributed by atoms with Gasteiger partial charge in [-0.15, -0.1) is 0 Å². The number of hydrogen-bond acceptors (Lipinski definition) is 4. The molecular weight excluding hydrogens is 268 g/mol. The topological polar surface area (TPSA) is 58.9 Å². The molecule has 0 atom stereocenters. The van der Waals surface area contributed by atoms with Gasteiger partial charge in [0.1, 0.15) is 24.7 Å². The summed E-state index contributed by atoms with van der Waals surface area (Å²) in [6.45, 7) is 0.616. The number of hydrogen-bond donors (Lipinski definition) is 2. The van der Waals surface area contributed by atoms with E-state index in [2.05, 4.69) is 0 Å². The second kappa shape index (κ2) is 8.29. The van der Waals surface area contributed by atoms with Gasteiger partial charge in [0.05, 0.1) is 13.2 Å². The first kappa shape index (κ1) is 15.4. The molecule has 2 N–H and O–H groups in total. The van der Waals surface area contributed by atoms with E-state index in [0.29, 0.717) is 13.2 Å². The fourth-order valence-electron chi connectivity index (χ4n) is 2.03. The zero-order valence-electron chi connectivity index (χ0n) is 11.9. The first-order chi connectivity index (χ1) is 10.3. The van der Waals surface area contributed by atoms with E-state index in [1.165, 1.54) is 0 Å². The van der Waals surface area contributed by atoms with Crippen LogP contribution in [0.2, 0.25) is 0 Å². The monoisotopic (exact) mass is 288 g/mol. The Morgan fingerprint density at radius 2 is 1.43 bits per heavy atom. The molecule has 0 aliphatic rings. The summed E-state index contributed by atoms with van der Waals surface area (Å²) in [7, 11) is 0. The second-order valence-electron chi connectivity index (χ2n) is 4.57. The average molecular weight is 288 g/mol. The predicted molar refractivity (Wildman–Crippen MR) is 80.9 cm³/mol. The van der Waals surface area contributed by atoms with E-state index in [4.69, 9.17) is 19.7 Å². The van der Waals surface area contributed by atoms with Crippen molar-refractivity contribution in [3.8, 4) is 11.5 Å². The highest BCUT2D eigenvalue weighted by molar-refractivity contribution is 5.38. The molecular formula is C17H20O4. The van der Waals surface area contributed by atoms with Crippen molar-refractivity contribution < 1.29 is 19.7 Å². The van der Waals surface area contributed by atoms with Crippen molar-refractivity contribution >= 4 is 0 Å². The lowest BCUT2D eigenvalue weighted by Crippen LogP contribution is -2.04. The van der Waals surface area contributed by atoms with Crippen LogP contribution in [0.4, 0.5) is 0 Å². The molecule has 112 valence electrons. The van der Waals surface area contributed by atoms with Crippen LogP contribution in [0.1, 0.15) is 11.1 Å². The SMILES string of the molecule is OCCOc1ccc(Cc2ccccc2OCCO)cc1. The lowest BCUT2D eigenvalue weighted by molar-refractivity contribution is 0.200. The summed E-state index contributed by atoms with van der Waals surface area (Å²) in [4.78, 5) is 0. The molecule has 21 heavy (non-hydrogen) atoms. The molecule has 0 spiro atoms.